The summed E-state index contributed by atoms with van der Waals surface area (Å²) in [6.45, 7) is 3.63. The molecule has 5 heteroatoms. The normalized spacial score (nSPS) is 11.3. The Hall–Kier alpha value is -1.52. The lowest BCUT2D eigenvalue weighted by atomic mass is 10.2. The number of anilines is 1. The van der Waals surface area contributed by atoms with E-state index in [4.69, 9.17) is 11.6 Å². The molecule has 0 aromatic heterocycles. The Kier molecular flexibility index (Phi) is 3.83. The summed E-state index contributed by atoms with van der Waals surface area (Å²) in [5, 5.41) is 0.532. The molecule has 19 heavy (non-hydrogen) atoms. The average molecular weight is 296 g/mol. The van der Waals surface area contributed by atoms with Crippen molar-refractivity contribution in [3.05, 3.63) is 58.6 Å². The Balaban J connectivity index is 2.39. The fourth-order valence-electron chi connectivity index (χ4n) is 1.70. The van der Waals surface area contributed by atoms with E-state index in [0.717, 1.165) is 5.56 Å². The quantitative estimate of drug-likeness (QED) is 0.937. The topological polar surface area (TPSA) is 46.2 Å². The van der Waals surface area contributed by atoms with Crippen LogP contribution in [0.3, 0.4) is 0 Å². The predicted molar refractivity (Wildman–Crippen MR) is 78.2 cm³/mol. The van der Waals surface area contributed by atoms with Gasteiger partial charge >= 0.3 is 0 Å². The monoisotopic (exact) mass is 295 g/mol. The highest BCUT2D eigenvalue weighted by molar-refractivity contribution is 7.92. The summed E-state index contributed by atoms with van der Waals surface area (Å²) < 4.78 is 27.1. The number of nitrogens with one attached hydrogen (secondary N) is 1. The minimum Gasteiger partial charge on any atom is -0.279 e. The molecule has 2 rings (SSSR count). The first-order chi connectivity index (χ1) is 8.90. The predicted octanol–water partition coefficient (Wildman–Crippen LogP) is 3.76. The number of rotatable bonds is 3. The summed E-state index contributed by atoms with van der Waals surface area (Å²) in [4.78, 5) is 0.242. The van der Waals surface area contributed by atoms with Gasteiger partial charge in [-0.15, -0.1) is 0 Å². The Morgan fingerprint density at radius 3 is 2.42 bits per heavy atom. The van der Waals surface area contributed by atoms with E-state index >= 15 is 0 Å². The third-order valence-corrected chi connectivity index (χ3v) is 4.58. The van der Waals surface area contributed by atoms with Gasteiger partial charge in [-0.3, -0.25) is 4.72 Å². The van der Waals surface area contributed by atoms with Gasteiger partial charge in [-0.2, -0.15) is 0 Å². The molecule has 0 amide bonds. The zero-order chi connectivity index (χ0) is 14.0. The highest BCUT2D eigenvalue weighted by Gasteiger charge is 2.15. The molecular formula is C14H14ClNO2S. The van der Waals surface area contributed by atoms with E-state index in [9.17, 15) is 8.42 Å². The highest BCUT2D eigenvalue weighted by Crippen LogP contribution is 2.25. The molecule has 0 radical (unpaired) electrons. The van der Waals surface area contributed by atoms with Crippen LogP contribution in [0.4, 0.5) is 5.69 Å². The van der Waals surface area contributed by atoms with Gasteiger partial charge in [0.05, 0.1) is 10.6 Å². The zero-order valence-electron chi connectivity index (χ0n) is 10.6. The van der Waals surface area contributed by atoms with Crippen molar-refractivity contribution >= 4 is 27.3 Å². The lowest BCUT2D eigenvalue weighted by molar-refractivity contribution is 0.601. The van der Waals surface area contributed by atoms with E-state index in [0.29, 0.717) is 16.3 Å². The molecule has 2 aromatic carbocycles. The maximum atomic E-state index is 12.3. The van der Waals surface area contributed by atoms with E-state index in [1.807, 2.05) is 13.0 Å². The first-order valence-corrected chi connectivity index (χ1v) is 7.61. The van der Waals surface area contributed by atoms with Crippen molar-refractivity contribution in [2.24, 2.45) is 0 Å². The van der Waals surface area contributed by atoms with E-state index in [1.165, 1.54) is 0 Å². The van der Waals surface area contributed by atoms with Crippen molar-refractivity contribution in [3.8, 4) is 0 Å². The summed E-state index contributed by atoms with van der Waals surface area (Å²) in [7, 11) is -3.58. The first kappa shape index (κ1) is 13.9. The van der Waals surface area contributed by atoms with Crippen molar-refractivity contribution < 1.29 is 8.42 Å². The molecule has 1 N–H and O–H groups in total. The second kappa shape index (κ2) is 5.23. The lowest BCUT2D eigenvalue weighted by Gasteiger charge is -2.11. The maximum Gasteiger partial charge on any atom is 0.261 e. The average Bonchev–Trinajstić information content (AvgIpc) is 2.35. The summed E-state index contributed by atoms with van der Waals surface area (Å²) >= 11 is 5.98. The standard InChI is InChI=1S/C14H14ClNO2S/c1-10-5-3-6-12(9-10)19(17,18)16-14-8-4-7-13(15)11(14)2/h3-9,16H,1-2H3. The number of benzene rings is 2. The van der Waals surface area contributed by atoms with Crippen LogP contribution in [0.15, 0.2) is 47.4 Å². The Morgan fingerprint density at radius 1 is 1.05 bits per heavy atom. The summed E-state index contributed by atoms with van der Waals surface area (Å²) in [6.07, 6.45) is 0. The van der Waals surface area contributed by atoms with Crippen LogP contribution in [0.5, 0.6) is 0 Å². The van der Waals surface area contributed by atoms with Crippen LogP contribution < -0.4 is 4.72 Å². The van der Waals surface area contributed by atoms with Gasteiger partial charge in [0.1, 0.15) is 0 Å². The Morgan fingerprint density at radius 2 is 1.74 bits per heavy atom. The zero-order valence-corrected chi connectivity index (χ0v) is 12.2. The Bertz CT molecular complexity index is 711. The molecule has 0 saturated heterocycles. The van der Waals surface area contributed by atoms with Crippen LogP contribution in [-0.4, -0.2) is 8.42 Å². The molecule has 0 fully saturated rings. The van der Waals surface area contributed by atoms with Gasteiger partial charge < -0.3 is 0 Å². The van der Waals surface area contributed by atoms with Crippen molar-refractivity contribution in [1.29, 1.82) is 0 Å². The second-order valence-corrected chi connectivity index (χ2v) is 6.42. The van der Waals surface area contributed by atoms with E-state index < -0.39 is 10.0 Å². The smallest absolute Gasteiger partial charge is 0.261 e. The number of hydrogen-bond acceptors (Lipinski definition) is 2. The van der Waals surface area contributed by atoms with Gasteiger partial charge in [-0.1, -0.05) is 29.8 Å². The van der Waals surface area contributed by atoms with Crippen LogP contribution in [0.25, 0.3) is 0 Å². The minimum atomic E-state index is -3.58. The molecule has 0 aliphatic carbocycles. The molecule has 100 valence electrons. The fourth-order valence-corrected chi connectivity index (χ4v) is 3.11. The molecular weight excluding hydrogens is 282 g/mol. The Labute approximate surface area is 118 Å². The third-order valence-electron chi connectivity index (χ3n) is 2.81. The largest absolute Gasteiger partial charge is 0.279 e. The van der Waals surface area contributed by atoms with E-state index in [2.05, 4.69) is 4.72 Å². The van der Waals surface area contributed by atoms with Crippen LogP contribution in [-0.2, 0) is 10.0 Å². The number of hydrogen-bond donors (Lipinski definition) is 1. The van der Waals surface area contributed by atoms with Crippen molar-refractivity contribution in [2.75, 3.05) is 4.72 Å². The molecule has 2 aromatic rings. The summed E-state index contributed by atoms with van der Waals surface area (Å²) in [6, 6.07) is 11.9. The maximum absolute atomic E-state index is 12.3. The SMILES string of the molecule is Cc1cccc(S(=O)(=O)Nc2cccc(Cl)c2C)c1. The number of halogens is 1. The molecule has 0 heterocycles. The molecule has 0 atom stereocenters. The van der Waals surface area contributed by atoms with Gasteiger partial charge in [-0.05, 0) is 49.2 Å². The van der Waals surface area contributed by atoms with Gasteiger partial charge in [0.2, 0.25) is 0 Å². The van der Waals surface area contributed by atoms with Crippen LogP contribution >= 0.6 is 11.6 Å². The fraction of sp³-hybridized carbons (Fsp3) is 0.143. The van der Waals surface area contributed by atoms with Crippen LogP contribution in [0.1, 0.15) is 11.1 Å². The highest BCUT2D eigenvalue weighted by atomic mass is 35.5. The van der Waals surface area contributed by atoms with Gasteiger partial charge in [0.25, 0.3) is 10.0 Å². The van der Waals surface area contributed by atoms with Crippen molar-refractivity contribution in [2.45, 2.75) is 18.7 Å². The lowest BCUT2D eigenvalue weighted by Crippen LogP contribution is -2.13. The molecule has 0 unspecified atom stereocenters. The van der Waals surface area contributed by atoms with Crippen molar-refractivity contribution in [1.82, 2.24) is 0 Å². The summed E-state index contributed by atoms with van der Waals surface area (Å²) in [5.74, 6) is 0. The second-order valence-electron chi connectivity index (χ2n) is 4.33. The third kappa shape index (κ3) is 3.08. The molecule has 3 nitrogen and oxygen atoms in total. The molecule has 0 saturated carbocycles. The van der Waals surface area contributed by atoms with Gasteiger partial charge in [0.15, 0.2) is 0 Å². The van der Waals surface area contributed by atoms with Crippen molar-refractivity contribution in [3.63, 3.8) is 0 Å². The molecule has 0 bridgehead atoms. The van der Waals surface area contributed by atoms with Crippen LogP contribution in [0.2, 0.25) is 5.02 Å². The van der Waals surface area contributed by atoms with Gasteiger partial charge in [0, 0.05) is 5.02 Å². The molecule has 0 spiro atoms. The number of aryl methyl sites for hydroxylation is 1. The molecule has 0 aliphatic heterocycles. The van der Waals surface area contributed by atoms with Crippen LogP contribution in [0, 0.1) is 13.8 Å². The molecule has 0 aliphatic rings. The minimum absolute atomic E-state index is 0.242. The van der Waals surface area contributed by atoms with E-state index in [-0.39, 0.29) is 4.90 Å². The van der Waals surface area contributed by atoms with E-state index in [1.54, 1.807) is 43.3 Å². The first-order valence-electron chi connectivity index (χ1n) is 5.75. The summed E-state index contributed by atoms with van der Waals surface area (Å²) in [5.41, 5.74) is 2.10. The van der Waals surface area contributed by atoms with Gasteiger partial charge in [-0.25, -0.2) is 8.42 Å². The number of sulfonamides is 1.